The first kappa shape index (κ1) is 12.3. The number of H-pyrrole nitrogens is 1. The van der Waals surface area contributed by atoms with Gasteiger partial charge in [0.1, 0.15) is 17.3 Å². The van der Waals surface area contributed by atoms with Gasteiger partial charge in [-0.05, 0) is 19.9 Å². The maximum Gasteiger partial charge on any atom is 0.337 e. The van der Waals surface area contributed by atoms with Gasteiger partial charge >= 0.3 is 5.97 Å². The zero-order valence-electron chi connectivity index (χ0n) is 10.1. The van der Waals surface area contributed by atoms with E-state index in [0.29, 0.717) is 17.3 Å². The summed E-state index contributed by atoms with van der Waals surface area (Å²) >= 11 is 0. The number of aromatic amines is 1. The Labute approximate surface area is 103 Å². The van der Waals surface area contributed by atoms with Gasteiger partial charge in [-0.25, -0.2) is 14.8 Å². The van der Waals surface area contributed by atoms with Crippen molar-refractivity contribution in [2.24, 2.45) is 0 Å². The second-order valence-corrected chi connectivity index (χ2v) is 4.29. The van der Waals surface area contributed by atoms with Crippen LogP contribution in [0.15, 0.2) is 12.3 Å². The number of carboxylic acids is 1. The molecule has 18 heavy (non-hydrogen) atoms. The first-order valence-electron chi connectivity index (χ1n) is 5.41. The smallest absolute Gasteiger partial charge is 0.337 e. The molecule has 0 fully saturated rings. The monoisotopic (exact) mass is 250 g/mol. The Hall–Kier alpha value is -2.15. The predicted molar refractivity (Wildman–Crippen MR) is 65.4 cm³/mol. The quantitative estimate of drug-likeness (QED) is 0.629. The second kappa shape index (κ2) is 4.26. The summed E-state index contributed by atoms with van der Waals surface area (Å²) in [6.45, 7) is 2.82. The van der Waals surface area contributed by atoms with Crippen LogP contribution in [-0.4, -0.2) is 43.3 Å². The number of hydrogen-bond acceptors (Lipinski definition) is 5. The highest BCUT2D eigenvalue weighted by Crippen LogP contribution is 2.19. The third-order valence-corrected chi connectivity index (χ3v) is 2.59. The van der Waals surface area contributed by atoms with Crippen molar-refractivity contribution < 1.29 is 15.0 Å². The zero-order valence-corrected chi connectivity index (χ0v) is 10.1. The van der Waals surface area contributed by atoms with Crippen molar-refractivity contribution in [2.75, 3.05) is 11.9 Å². The first-order chi connectivity index (χ1) is 8.40. The molecule has 0 saturated heterocycles. The van der Waals surface area contributed by atoms with Crippen LogP contribution in [0.3, 0.4) is 0 Å². The summed E-state index contributed by atoms with van der Waals surface area (Å²) in [5, 5.41) is 22.0. The molecule has 1 unspecified atom stereocenters. The average Bonchev–Trinajstić information content (AvgIpc) is 2.73. The number of fused-ring (bicyclic) bond motifs is 1. The standard InChI is InChI=1S/C11H14N4O3/c1-6-14-8-7(3-4-12-8)9(15-6)13-5-11(2,18)10(16)17/h3-4,18H,5H2,1-2H3,(H,16,17)(H2,12,13,14,15). The Bertz CT molecular complexity index is 591. The molecule has 0 aromatic carbocycles. The lowest BCUT2D eigenvalue weighted by Gasteiger charge is -2.19. The number of nitrogens with zero attached hydrogens (tertiary/aromatic N) is 2. The summed E-state index contributed by atoms with van der Waals surface area (Å²) in [5.41, 5.74) is -1.18. The number of carbonyl (C=O) groups is 1. The number of hydrogen-bond donors (Lipinski definition) is 4. The van der Waals surface area contributed by atoms with Crippen molar-refractivity contribution in [1.29, 1.82) is 0 Å². The Morgan fingerprint density at radius 2 is 2.28 bits per heavy atom. The number of anilines is 1. The molecule has 0 saturated carbocycles. The summed E-state index contributed by atoms with van der Waals surface area (Å²) in [4.78, 5) is 22.1. The molecule has 0 aliphatic heterocycles. The van der Waals surface area contributed by atoms with Gasteiger partial charge in [0.15, 0.2) is 5.60 Å². The normalized spacial score (nSPS) is 14.4. The van der Waals surface area contributed by atoms with Gasteiger partial charge < -0.3 is 20.5 Å². The minimum Gasteiger partial charge on any atom is -0.479 e. The Balaban J connectivity index is 2.27. The SMILES string of the molecule is Cc1nc(NCC(C)(O)C(=O)O)c2cc[nH]c2n1. The van der Waals surface area contributed by atoms with Gasteiger partial charge in [-0.15, -0.1) is 0 Å². The molecule has 7 nitrogen and oxygen atoms in total. The molecule has 0 spiro atoms. The van der Waals surface area contributed by atoms with E-state index in [0.717, 1.165) is 5.39 Å². The molecule has 0 bridgehead atoms. The maximum absolute atomic E-state index is 10.8. The van der Waals surface area contributed by atoms with Gasteiger partial charge in [-0.3, -0.25) is 0 Å². The van der Waals surface area contributed by atoms with Crippen LogP contribution in [0.4, 0.5) is 5.82 Å². The molecular weight excluding hydrogens is 236 g/mol. The molecular formula is C11H14N4O3. The van der Waals surface area contributed by atoms with Crippen molar-refractivity contribution in [3.63, 3.8) is 0 Å². The minimum absolute atomic E-state index is 0.140. The fourth-order valence-electron chi connectivity index (χ4n) is 1.52. The number of aliphatic hydroxyl groups is 1. The van der Waals surface area contributed by atoms with Crippen LogP contribution >= 0.6 is 0 Å². The highest BCUT2D eigenvalue weighted by atomic mass is 16.4. The Morgan fingerprint density at radius 1 is 1.56 bits per heavy atom. The van der Waals surface area contributed by atoms with Crippen LogP contribution in [0.2, 0.25) is 0 Å². The number of aromatic nitrogens is 3. The highest BCUT2D eigenvalue weighted by molar-refractivity contribution is 5.87. The lowest BCUT2D eigenvalue weighted by molar-refractivity contribution is -0.155. The molecule has 7 heteroatoms. The van der Waals surface area contributed by atoms with Crippen LogP contribution < -0.4 is 5.32 Å². The van der Waals surface area contributed by atoms with Gasteiger partial charge in [0, 0.05) is 6.20 Å². The third kappa shape index (κ3) is 2.25. The Morgan fingerprint density at radius 3 is 2.94 bits per heavy atom. The van der Waals surface area contributed by atoms with E-state index in [1.165, 1.54) is 6.92 Å². The van der Waals surface area contributed by atoms with Crippen LogP contribution in [-0.2, 0) is 4.79 Å². The summed E-state index contributed by atoms with van der Waals surface area (Å²) in [6.07, 6.45) is 1.72. The van der Waals surface area contributed by atoms with Gasteiger partial charge in [0.05, 0.1) is 11.9 Å². The number of aliphatic carboxylic acids is 1. The number of rotatable bonds is 4. The van der Waals surface area contributed by atoms with Gasteiger partial charge in [0.25, 0.3) is 0 Å². The molecule has 0 amide bonds. The Kier molecular flexibility index (Phi) is 2.92. The number of nitrogens with one attached hydrogen (secondary N) is 2. The molecule has 2 heterocycles. The van der Waals surface area contributed by atoms with E-state index in [9.17, 15) is 9.90 Å². The minimum atomic E-state index is -1.85. The largest absolute Gasteiger partial charge is 0.479 e. The first-order valence-corrected chi connectivity index (χ1v) is 5.41. The third-order valence-electron chi connectivity index (χ3n) is 2.59. The van der Waals surface area contributed by atoms with Crippen LogP contribution in [0.5, 0.6) is 0 Å². The average molecular weight is 250 g/mol. The maximum atomic E-state index is 10.8. The molecule has 96 valence electrons. The molecule has 4 N–H and O–H groups in total. The summed E-state index contributed by atoms with van der Waals surface area (Å²) in [7, 11) is 0. The number of aryl methyl sites for hydroxylation is 1. The lowest BCUT2D eigenvalue weighted by Crippen LogP contribution is -2.42. The van der Waals surface area contributed by atoms with E-state index in [-0.39, 0.29) is 6.54 Å². The lowest BCUT2D eigenvalue weighted by atomic mass is 10.1. The molecule has 0 aliphatic carbocycles. The summed E-state index contributed by atoms with van der Waals surface area (Å²) < 4.78 is 0. The van der Waals surface area contributed by atoms with Crippen LogP contribution in [0.25, 0.3) is 11.0 Å². The van der Waals surface area contributed by atoms with Crippen LogP contribution in [0, 0.1) is 6.92 Å². The van der Waals surface area contributed by atoms with E-state index in [4.69, 9.17) is 5.11 Å². The molecule has 2 rings (SSSR count). The van der Waals surface area contributed by atoms with Crippen molar-refractivity contribution in [3.8, 4) is 0 Å². The van der Waals surface area contributed by atoms with Crippen molar-refractivity contribution in [3.05, 3.63) is 18.1 Å². The second-order valence-electron chi connectivity index (χ2n) is 4.29. The predicted octanol–water partition coefficient (Wildman–Crippen LogP) is 0.514. The molecule has 0 radical (unpaired) electrons. The topological polar surface area (TPSA) is 111 Å². The molecule has 2 aromatic heterocycles. The van der Waals surface area contributed by atoms with Crippen molar-refractivity contribution in [1.82, 2.24) is 15.0 Å². The summed E-state index contributed by atoms with van der Waals surface area (Å²) in [5.74, 6) is -0.228. The van der Waals surface area contributed by atoms with Crippen molar-refractivity contribution >= 4 is 22.8 Å². The van der Waals surface area contributed by atoms with E-state index < -0.39 is 11.6 Å². The van der Waals surface area contributed by atoms with Crippen molar-refractivity contribution in [2.45, 2.75) is 19.4 Å². The van der Waals surface area contributed by atoms with E-state index in [1.807, 2.05) is 0 Å². The van der Waals surface area contributed by atoms with Gasteiger partial charge in [-0.1, -0.05) is 0 Å². The fourth-order valence-corrected chi connectivity index (χ4v) is 1.52. The van der Waals surface area contributed by atoms with Gasteiger partial charge in [-0.2, -0.15) is 0 Å². The van der Waals surface area contributed by atoms with E-state index in [2.05, 4.69) is 20.3 Å². The van der Waals surface area contributed by atoms with E-state index in [1.54, 1.807) is 19.2 Å². The zero-order chi connectivity index (χ0) is 13.3. The fraction of sp³-hybridized carbons (Fsp3) is 0.364. The molecule has 1 atom stereocenters. The van der Waals surface area contributed by atoms with Gasteiger partial charge in [0.2, 0.25) is 0 Å². The highest BCUT2D eigenvalue weighted by Gasteiger charge is 2.29. The van der Waals surface area contributed by atoms with Crippen LogP contribution in [0.1, 0.15) is 12.7 Å². The van der Waals surface area contributed by atoms with E-state index >= 15 is 0 Å². The molecule has 2 aromatic rings. The summed E-state index contributed by atoms with van der Waals surface area (Å²) in [6, 6.07) is 1.78. The number of carboxylic acid groups (broad SMARTS) is 1. The molecule has 0 aliphatic rings.